The minimum atomic E-state index is -0.00952. The molecule has 0 bridgehead atoms. The highest BCUT2D eigenvalue weighted by Crippen LogP contribution is 2.20. The highest BCUT2D eigenvalue weighted by molar-refractivity contribution is 7.15. The molecule has 0 aromatic carbocycles. The summed E-state index contributed by atoms with van der Waals surface area (Å²) >= 11 is 1.26. The molecule has 0 atom stereocenters. The lowest BCUT2D eigenvalue weighted by Gasteiger charge is -2.34. The number of piperazine rings is 1. The molecule has 1 fully saturated rings. The Labute approximate surface area is 125 Å². The standard InChI is InChI=1S/C13H15N5O2S/c1-9(19)10-2-3-11(21-10)12(20)17-4-6-18(7-5-17)13-14-8-15-16-13/h2-3,8H,4-7H2,1H3,(H,14,15,16). The van der Waals surface area contributed by atoms with Crippen LogP contribution < -0.4 is 4.90 Å². The zero-order valence-corrected chi connectivity index (χ0v) is 12.4. The topological polar surface area (TPSA) is 82.2 Å². The summed E-state index contributed by atoms with van der Waals surface area (Å²) in [6.07, 6.45) is 1.47. The third-order valence-electron chi connectivity index (χ3n) is 3.43. The Balaban J connectivity index is 1.63. The van der Waals surface area contributed by atoms with Crippen molar-refractivity contribution in [3.05, 3.63) is 28.2 Å². The molecule has 1 N–H and O–H groups in total. The van der Waals surface area contributed by atoms with Crippen molar-refractivity contribution in [3.63, 3.8) is 0 Å². The van der Waals surface area contributed by atoms with Crippen molar-refractivity contribution >= 4 is 29.0 Å². The maximum atomic E-state index is 12.4. The Bertz CT molecular complexity index is 643. The van der Waals surface area contributed by atoms with E-state index in [0.29, 0.717) is 35.9 Å². The van der Waals surface area contributed by atoms with Crippen molar-refractivity contribution in [2.24, 2.45) is 0 Å². The molecule has 3 rings (SSSR count). The van der Waals surface area contributed by atoms with Crippen LogP contribution in [0.5, 0.6) is 0 Å². The minimum Gasteiger partial charge on any atom is -0.338 e. The number of Topliss-reactive ketones (excluding diaryl/α,β-unsaturated/α-hetero) is 1. The second-order valence-electron chi connectivity index (χ2n) is 4.81. The number of thiophene rings is 1. The largest absolute Gasteiger partial charge is 0.338 e. The van der Waals surface area contributed by atoms with Gasteiger partial charge in [-0.25, -0.2) is 5.10 Å². The molecule has 8 heteroatoms. The van der Waals surface area contributed by atoms with E-state index in [1.54, 1.807) is 12.1 Å². The van der Waals surface area contributed by atoms with Crippen LogP contribution in [0.1, 0.15) is 26.3 Å². The van der Waals surface area contributed by atoms with Crippen LogP contribution >= 0.6 is 11.3 Å². The minimum absolute atomic E-state index is 0.00538. The van der Waals surface area contributed by atoms with E-state index in [-0.39, 0.29) is 11.7 Å². The first kappa shape index (κ1) is 13.7. The van der Waals surface area contributed by atoms with Crippen molar-refractivity contribution in [2.75, 3.05) is 31.1 Å². The molecule has 3 heterocycles. The predicted octanol–water partition coefficient (Wildman–Crippen LogP) is 1.03. The fraction of sp³-hybridized carbons (Fsp3) is 0.385. The molecule has 0 saturated carbocycles. The van der Waals surface area contributed by atoms with Crippen molar-refractivity contribution < 1.29 is 9.59 Å². The summed E-state index contributed by atoms with van der Waals surface area (Å²) in [6, 6.07) is 3.44. The van der Waals surface area contributed by atoms with Crippen LogP contribution in [-0.4, -0.2) is 58.0 Å². The summed E-state index contributed by atoms with van der Waals surface area (Å²) in [4.78, 5) is 32.9. The molecule has 110 valence electrons. The molecule has 0 spiro atoms. The molecule has 0 unspecified atom stereocenters. The van der Waals surface area contributed by atoms with Gasteiger partial charge in [-0.3, -0.25) is 9.59 Å². The summed E-state index contributed by atoms with van der Waals surface area (Å²) in [5.74, 6) is 0.719. The monoisotopic (exact) mass is 305 g/mol. The van der Waals surface area contributed by atoms with Gasteiger partial charge in [0.25, 0.3) is 5.91 Å². The average molecular weight is 305 g/mol. The van der Waals surface area contributed by atoms with Gasteiger partial charge in [0.15, 0.2) is 5.78 Å². The molecular weight excluding hydrogens is 290 g/mol. The number of aromatic nitrogens is 3. The molecule has 2 aromatic rings. The Hall–Kier alpha value is -2.22. The fourth-order valence-electron chi connectivity index (χ4n) is 2.27. The number of amides is 1. The van der Waals surface area contributed by atoms with E-state index in [1.165, 1.54) is 24.6 Å². The lowest BCUT2D eigenvalue weighted by molar-refractivity contribution is 0.0751. The summed E-state index contributed by atoms with van der Waals surface area (Å²) < 4.78 is 0. The number of rotatable bonds is 3. The number of nitrogens with one attached hydrogen (secondary N) is 1. The lowest BCUT2D eigenvalue weighted by Crippen LogP contribution is -2.49. The van der Waals surface area contributed by atoms with E-state index in [2.05, 4.69) is 20.1 Å². The van der Waals surface area contributed by atoms with Crippen LogP contribution in [0.2, 0.25) is 0 Å². The van der Waals surface area contributed by atoms with Gasteiger partial charge in [-0.2, -0.15) is 10.1 Å². The van der Waals surface area contributed by atoms with Crippen LogP contribution in [-0.2, 0) is 0 Å². The second-order valence-corrected chi connectivity index (χ2v) is 5.89. The van der Waals surface area contributed by atoms with Gasteiger partial charge in [-0.15, -0.1) is 11.3 Å². The van der Waals surface area contributed by atoms with E-state index in [4.69, 9.17) is 0 Å². The first-order chi connectivity index (χ1) is 10.1. The number of hydrogen-bond donors (Lipinski definition) is 1. The first-order valence-electron chi connectivity index (χ1n) is 6.65. The van der Waals surface area contributed by atoms with Gasteiger partial charge in [0, 0.05) is 26.2 Å². The molecule has 2 aromatic heterocycles. The zero-order chi connectivity index (χ0) is 14.8. The number of carbonyl (C=O) groups excluding carboxylic acids is 2. The molecule has 1 amide bonds. The van der Waals surface area contributed by atoms with Gasteiger partial charge in [0.2, 0.25) is 5.95 Å². The van der Waals surface area contributed by atoms with Crippen LogP contribution in [0.15, 0.2) is 18.5 Å². The fourth-order valence-corrected chi connectivity index (χ4v) is 3.14. The highest BCUT2D eigenvalue weighted by atomic mass is 32.1. The van der Waals surface area contributed by atoms with Crippen molar-refractivity contribution in [2.45, 2.75) is 6.92 Å². The number of ketones is 1. The summed E-state index contributed by atoms with van der Waals surface area (Å²) in [5, 5.41) is 6.65. The second kappa shape index (κ2) is 5.65. The Morgan fingerprint density at radius 3 is 2.48 bits per heavy atom. The quantitative estimate of drug-likeness (QED) is 0.857. The third-order valence-corrected chi connectivity index (χ3v) is 4.61. The average Bonchev–Trinajstić information content (AvgIpc) is 3.18. The number of H-pyrrole nitrogens is 1. The van der Waals surface area contributed by atoms with Crippen LogP contribution in [0.4, 0.5) is 5.95 Å². The van der Waals surface area contributed by atoms with Crippen LogP contribution in [0.3, 0.4) is 0 Å². The van der Waals surface area contributed by atoms with E-state index in [1.807, 2.05) is 4.90 Å². The predicted molar refractivity (Wildman–Crippen MR) is 78.8 cm³/mol. The van der Waals surface area contributed by atoms with Gasteiger partial charge in [0.1, 0.15) is 6.33 Å². The summed E-state index contributed by atoms with van der Waals surface area (Å²) in [5.41, 5.74) is 0. The molecule has 7 nitrogen and oxygen atoms in total. The third kappa shape index (κ3) is 2.80. The number of hydrogen-bond acceptors (Lipinski definition) is 6. The molecule has 1 aliphatic rings. The number of nitrogens with zero attached hydrogens (tertiary/aromatic N) is 4. The van der Waals surface area contributed by atoms with E-state index < -0.39 is 0 Å². The first-order valence-corrected chi connectivity index (χ1v) is 7.47. The van der Waals surface area contributed by atoms with Crippen LogP contribution in [0.25, 0.3) is 0 Å². The van der Waals surface area contributed by atoms with Crippen molar-refractivity contribution in [3.8, 4) is 0 Å². The van der Waals surface area contributed by atoms with Crippen LogP contribution in [0, 0.1) is 0 Å². The van der Waals surface area contributed by atoms with Gasteiger partial charge in [0.05, 0.1) is 9.75 Å². The Morgan fingerprint density at radius 2 is 1.90 bits per heavy atom. The molecule has 0 aliphatic carbocycles. The van der Waals surface area contributed by atoms with Gasteiger partial charge < -0.3 is 9.80 Å². The Kier molecular flexibility index (Phi) is 3.70. The maximum absolute atomic E-state index is 12.4. The number of aromatic amines is 1. The Morgan fingerprint density at radius 1 is 1.19 bits per heavy atom. The SMILES string of the molecule is CC(=O)c1ccc(C(=O)N2CCN(c3ncn[nH]3)CC2)s1. The van der Waals surface area contributed by atoms with Gasteiger partial charge >= 0.3 is 0 Å². The maximum Gasteiger partial charge on any atom is 0.264 e. The van der Waals surface area contributed by atoms with E-state index >= 15 is 0 Å². The molecule has 1 aliphatic heterocycles. The highest BCUT2D eigenvalue weighted by Gasteiger charge is 2.24. The molecule has 0 radical (unpaired) electrons. The molecular formula is C13H15N5O2S. The zero-order valence-electron chi connectivity index (χ0n) is 11.6. The lowest BCUT2D eigenvalue weighted by atomic mass is 10.3. The van der Waals surface area contributed by atoms with E-state index in [9.17, 15) is 9.59 Å². The van der Waals surface area contributed by atoms with E-state index in [0.717, 1.165) is 5.95 Å². The molecule has 21 heavy (non-hydrogen) atoms. The van der Waals surface area contributed by atoms with Gasteiger partial charge in [-0.05, 0) is 19.1 Å². The number of carbonyl (C=O) groups is 2. The smallest absolute Gasteiger partial charge is 0.264 e. The molecule has 1 saturated heterocycles. The van der Waals surface area contributed by atoms with Gasteiger partial charge in [-0.1, -0.05) is 0 Å². The summed E-state index contributed by atoms with van der Waals surface area (Å²) in [6.45, 7) is 4.20. The normalized spacial score (nSPS) is 15.3. The summed E-state index contributed by atoms with van der Waals surface area (Å²) in [7, 11) is 0. The van der Waals surface area contributed by atoms with Crippen molar-refractivity contribution in [1.29, 1.82) is 0 Å². The van der Waals surface area contributed by atoms with Crippen molar-refractivity contribution in [1.82, 2.24) is 20.1 Å². The number of anilines is 1.